The van der Waals surface area contributed by atoms with E-state index in [9.17, 15) is 4.79 Å². The molecule has 0 aliphatic carbocycles. The van der Waals surface area contributed by atoms with Crippen LogP contribution in [0.5, 0.6) is 0 Å². The summed E-state index contributed by atoms with van der Waals surface area (Å²) >= 11 is 0. The number of nitrogens with zero attached hydrogens (tertiary/aromatic N) is 1. The van der Waals surface area contributed by atoms with Gasteiger partial charge in [0.05, 0.1) is 5.56 Å². The van der Waals surface area contributed by atoms with Gasteiger partial charge in [-0.2, -0.15) is 0 Å². The van der Waals surface area contributed by atoms with E-state index < -0.39 is 0 Å². The van der Waals surface area contributed by atoms with Gasteiger partial charge in [-0.05, 0) is 49.6 Å². The van der Waals surface area contributed by atoms with Gasteiger partial charge in [0.15, 0.2) is 0 Å². The number of aryl methyl sites for hydroxylation is 2. The molecule has 2 heterocycles. The van der Waals surface area contributed by atoms with Crippen molar-refractivity contribution >= 4 is 11.6 Å². The molecule has 0 fully saturated rings. The lowest BCUT2D eigenvalue weighted by molar-refractivity contribution is 0.102. The second kappa shape index (κ2) is 5.66. The second-order valence-electron chi connectivity index (χ2n) is 5.52. The SMILES string of the molecule is Cc1ccc(NC(=O)c2cncc3c2CCNC3)c(C)c1. The normalized spacial score (nSPS) is 13.6. The Morgan fingerprint density at radius 2 is 2.14 bits per heavy atom. The fourth-order valence-corrected chi connectivity index (χ4v) is 2.75. The van der Waals surface area contributed by atoms with Crippen molar-refractivity contribution < 1.29 is 4.79 Å². The fraction of sp³-hybridized carbons (Fsp3) is 0.294. The highest BCUT2D eigenvalue weighted by atomic mass is 16.1. The predicted octanol–water partition coefficient (Wildman–Crippen LogP) is 2.60. The fourth-order valence-electron chi connectivity index (χ4n) is 2.75. The Labute approximate surface area is 124 Å². The van der Waals surface area contributed by atoms with Gasteiger partial charge in [-0.25, -0.2) is 0 Å². The molecule has 3 rings (SSSR count). The quantitative estimate of drug-likeness (QED) is 0.889. The number of carbonyl (C=O) groups is 1. The molecular formula is C17H19N3O. The number of fused-ring (bicyclic) bond motifs is 1. The summed E-state index contributed by atoms with van der Waals surface area (Å²) in [6.45, 7) is 5.74. The summed E-state index contributed by atoms with van der Waals surface area (Å²) in [5.74, 6) is -0.0757. The molecule has 0 unspecified atom stereocenters. The van der Waals surface area contributed by atoms with Crippen molar-refractivity contribution in [2.24, 2.45) is 0 Å². The van der Waals surface area contributed by atoms with E-state index in [2.05, 4.69) is 21.7 Å². The third-order valence-corrected chi connectivity index (χ3v) is 3.89. The lowest BCUT2D eigenvalue weighted by Gasteiger charge is -2.19. The summed E-state index contributed by atoms with van der Waals surface area (Å²) in [6.07, 6.45) is 4.38. The molecule has 108 valence electrons. The van der Waals surface area contributed by atoms with E-state index in [1.54, 1.807) is 6.20 Å². The molecule has 0 saturated heterocycles. The molecule has 2 aromatic rings. The highest BCUT2D eigenvalue weighted by Crippen LogP contribution is 2.21. The van der Waals surface area contributed by atoms with Gasteiger partial charge in [-0.1, -0.05) is 17.7 Å². The first kappa shape index (κ1) is 13.8. The lowest BCUT2D eigenvalue weighted by Crippen LogP contribution is -2.27. The number of benzene rings is 1. The maximum Gasteiger partial charge on any atom is 0.257 e. The van der Waals surface area contributed by atoms with Crippen LogP contribution < -0.4 is 10.6 Å². The van der Waals surface area contributed by atoms with Crippen molar-refractivity contribution in [2.45, 2.75) is 26.8 Å². The Kier molecular flexibility index (Phi) is 3.71. The first-order valence-electron chi connectivity index (χ1n) is 7.20. The molecule has 4 nitrogen and oxygen atoms in total. The molecule has 2 N–H and O–H groups in total. The van der Waals surface area contributed by atoms with Gasteiger partial charge < -0.3 is 10.6 Å². The van der Waals surface area contributed by atoms with Crippen molar-refractivity contribution in [1.29, 1.82) is 0 Å². The summed E-state index contributed by atoms with van der Waals surface area (Å²) in [7, 11) is 0. The van der Waals surface area contributed by atoms with Crippen LogP contribution in [0.25, 0.3) is 0 Å². The average molecular weight is 281 g/mol. The number of amides is 1. The molecule has 0 bridgehead atoms. The number of rotatable bonds is 2. The average Bonchev–Trinajstić information content (AvgIpc) is 2.49. The van der Waals surface area contributed by atoms with Crippen LogP contribution in [0.2, 0.25) is 0 Å². The highest BCUT2D eigenvalue weighted by molar-refractivity contribution is 6.05. The van der Waals surface area contributed by atoms with Crippen LogP contribution in [0, 0.1) is 13.8 Å². The van der Waals surface area contributed by atoms with Crippen LogP contribution in [0.1, 0.15) is 32.6 Å². The standard InChI is InChI=1S/C17H19N3O/c1-11-3-4-16(12(2)7-11)20-17(21)15-10-19-9-13-8-18-6-5-14(13)15/h3-4,7,9-10,18H,5-6,8H2,1-2H3,(H,20,21). The Bertz CT molecular complexity index is 694. The van der Waals surface area contributed by atoms with Crippen LogP contribution in [0.3, 0.4) is 0 Å². The van der Waals surface area contributed by atoms with Crippen LogP contribution in [0.15, 0.2) is 30.6 Å². The van der Waals surface area contributed by atoms with Gasteiger partial charge >= 0.3 is 0 Å². The van der Waals surface area contributed by atoms with Gasteiger partial charge in [0.1, 0.15) is 0 Å². The topological polar surface area (TPSA) is 54.0 Å². The molecule has 1 aromatic carbocycles. The third kappa shape index (κ3) is 2.81. The highest BCUT2D eigenvalue weighted by Gasteiger charge is 2.18. The Morgan fingerprint density at radius 1 is 1.29 bits per heavy atom. The van der Waals surface area contributed by atoms with E-state index in [0.717, 1.165) is 41.9 Å². The number of carbonyl (C=O) groups excluding carboxylic acids is 1. The van der Waals surface area contributed by atoms with Gasteiger partial charge in [-0.15, -0.1) is 0 Å². The number of aromatic nitrogens is 1. The van der Waals surface area contributed by atoms with E-state index in [4.69, 9.17) is 0 Å². The second-order valence-corrected chi connectivity index (χ2v) is 5.52. The van der Waals surface area contributed by atoms with Crippen LogP contribution in [0.4, 0.5) is 5.69 Å². The Hall–Kier alpha value is -2.20. The zero-order valence-corrected chi connectivity index (χ0v) is 12.4. The molecule has 0 atom stereocenters. The van der Waals surface area contributed by atoms with Crippen molar-refractivity contribution in [1.82, 2.24) is 10.3 Å². The molecule has 1 aromatic heterocycles. The number of anilines is 1. The van der Waals surface area contributed by atoms with Crippen molar-refractivity contribution in [3.63, 3.8) is 0 Å². The van der Waals surface area contributed by atoms with Crippen LogP contribution in [-0.4, -0.2) is 17.4 Å². The Balaban J connectivity index is 1.89. The van der Waals surface area contributed by atoms with Crippen LogP contribution in [-0.2, 0) is 13.0 Å². The van der Waals surface area contributed by atoms with E-state index >= 15 is 0 Å². The summed E-state index contributed by atoms with van der Waals surface area (Å²) in [6, 6.07) is 6.02. The van der Waals surface area contributed by atoms with Crippen molar-refractivity contribution in [3.05, 3.63) is 58.4 Å². The van der Waals surface area contributed by atoms with Crippen LogP contribution >= 0.6 is 0 Å². The zero-order chi connectivity index (χ0) is 14.8. The third-order valence-electron chi connectivity index (χ3n) is 3.89. The first-order valence-corrected chi connectivity index (χ1v) is 7.20. The lowest BCUT2D eigenvalue weighted by atomic mass is 9.98. The van der Waals surface area contributed by atoms with E-state index in [-0.39, 0.29) is 5.91 Å². The maximum atomic E-state index is 12.6. The molecule has 1 aliphatic heterocycles. The molecule has 0 spiro atoms. The molecule has 1 aliphatic rings. The van der Waals surface area contributed by atoms with Gasteiger partial charge in [0.2, 0.25) is 0 Å². The molecule has 21 heavy (non-hydrogen) atoms. The number of pyridine rings is 1. The molecule has 4 heteroatoms. The van der Waals surface area contributed by atoms with E-state index in [0.29, 0.717) is 5.56 Å². The van der Waals surface area contributed by atoms with Crippen molar-refractivity contribution in [3.8, 4) is 0 Å². The summed E-state index contributed by atoms with van der Waals surface area (Å²) in [4.78, 5) is 16.7. The number of hydrogen-bond donors (Lipinski definition) is 2. The first-order chi connectivity index (χ1) is 10.1. The minimum Gasteiger partial charge on any atom is -0.322 e. The van der Waals surface area contributed by atoms with Gasteiger partial charge in [-0.3, -0.25) is 9.78 Å². The van der Waals surface area contributed by atoms with Crippen molar-refractivity contribution in [2.75, 3.05) is 11.9 Å². The number of nitrogens with one attached hydrogen (secondary N) is 2. The Morgan fingerprint density at radius 3 is 2.95 bits per heavy atom. The predicted molar refractivity (Wildman–Crippen MR) is 83.5 cm³/mol. The summed E-state index contributed by atoms with van der Waals surface area (Å²) < 4.78 is 0. The molecule has 0 saturated carbocycles. The smallest absolute Gasteiger partial charge is 0.257 e. The van der Waals surface area contributed by atoms with Gasteiger partial charge in [0.25, 0.3) is 5.91 Å². The summed E-state index contributed by atoms with van der Waals surface area (Å²) in [5.41, 5.74) is 6.05. The minimum atomic E-state index is -0.0757. The van der Waals surface area contributed by atoms with E-state index in [1.165, 1.54) is 5.56 Å². The molecular weight excluding hydrogens is 262 g/mol. The largest absolute Gasteiger partial charge is 0.322 e. The molecule has 0 radical (unpaired) electrons. The summed E-state index contributed by atoms with van der Waals surface area (Å²) in [5, 5.41) is 6.30. The monoisotopic (exact) mass is 281 g/mol. The van der Waals surface area contributed by atoms with E-state index in [1.807, 2.05) is 32.2 Å². The molecule has 1 amide bonds. The zero-order valence-electron chi connectivity index (χ0n) is 12.4. The number of hydrogen-bond acceptors (Lipinski definition) is 3. The van der Waals surface area contributed by atoms with Gasteiger partial charge in [0, 0.05) is 24.6 Å². The minimum absolute atomic E-state index is 0.0757. The maximum absolute atomic E-state index is 12.6.